The molecule has 0 saturated heterocycles. The van der Waals surface area contributed by atoms with E-state index in [4.69, 9.17) is 16.9 Å². The van der Waals surface area contributed by atoms with Crippen molar-refractivity contribution in [2.75, 3.05) is 5.75 Å². The topological polar surface area (TPSA) is 39.9 Å². The average Bonchev–Trinajstić information content (AvgIpc) is 2.78. The van der Waals surface area contributed by atoms with Gasteiger partial charge in [-0.05, 0) is 24.4 Å². The minimum atomic E-state index is 0.348. The van der Waals surface area contributed by atoms with Crippen molar-refractivity contribution in [3.05, 3.63) is 11.0 Å². The van der Waals surface area contributed by atoms with E-state index in [-0.39, 0.29) is 0 Å². The van der Waals surface area contributed by atoms with Crippen molar-refractivity contribution in [1.29, 1.82) is 0 Å². The maximum atomic E-state index is 5.95. The molecule has 0 aromatic carbocycles. The van der Waals surface area contributed by atoms with E-state index in [1.807, 2.05) is 11.8 Å². The van der Waals surface area contributed by atoms with Crippen LogP contribution in [0.15, 0.2) is 4.90 Å². The lowest BCUT2D eigenvalue weighted by Crippen LogP contribution is -2.22. The minimum Gasteiger partial charge on any atom is -0.262 e. The van der Waals surface area contributed by atoms with Crippen LogP contribution < -0.4 is 5.32 Å². The predicted octanol–water partition coefficient (Wildman–Crippen LogP) is 3.35. The van der Waals surface area contributed by atoms with Gasteiger partial charge in [0.25, 0.3) is 0 Å². The normalized spacial score (nSPS) is 20.3. The Kier molecular flexibility index (Phi) is 3.43. The minimum absolute atomic E-state index is 0.348. The van der Waals surface area contributed by atoms with Crippen molar-refractivity contribution in [2.45, 2.75) is 49.5 Å². The summed E-state index contributed by atoms with van der Waals surface area (Å²) in [6.45, 7) is 0. The molecule has 17 heavy (non-hydrogen) atoms. The molecule has 0 bridgehead atoms. The van der Waals surface area contributed by atoms with E-state index < -0.39 is 0 Å². The Morgan fingerprint density at radius 2 is 2.00 bits per heavy atom. The molecule has 0 N–H and O–H groups in total. The summed E-state index contributed by atoms with van der Waals surface area (Å²) in [5.74, 6) is 1.92. The van der Waals surface area contributed by atoms with E-state index >= 15 is 0 Å². The van der Waals surface area contributed by atoms with Crippen molar-refractivity contribution >= 4 is 29.2 Å². The smallest absolute Gasteiger partial charge is 0.224 e. The summed E-state index contributed by atoms with van der Waals surface area (Å²) < 4.78 is 0. The van der Waals surface area contributed by atoms with Gasteiger partial charge in [-0.3, -0.25) is 5.32 Å². The van der Waals surface area contributed by atoms with Gasteiger partial charge in [0.2, 0.25) is 5.28 Å². The highest BCUT2D eigenvalue weighted by Gasteiger charge is 2.23. The molecule has 5 heteroatoms. The van der Waals surface area contributed by atoms with Gasteiger partial charge in [0.15, 0.2) is 5.82 Å². The average molecular weight is 269 g/mol. The number of thioether (sulfide) groups is 1. The zero-order chi connectivity index (χ0) is 11.7. The van der Waals surface area contributed by atoms with Crippen LogP contribution in [0.5, 0.6) is 0 Å². The first kappa shape index (κ1) is 11.6. The number of nitrogens with zero attached hydrogens (tertiary/aromatic N) is 3. The van der Waals surface area contributed by atoms with Crippen LogP contribution >= 0.6 is 23.4 Å². The van der Waals surface area contributed by atoms with Crippen molar-refractivity contribution < 1.29 is 0 Å². The molecule has 0 atom stereocenters. The molecule has 2 heterocycles. The molecule has 1 radical (unpaired) electrons. The van der Waals surface area contributed by atoms with Crippen molar-refractivity contribution in [2.24, 2.45) is 0 Å². The van der Waals surface area contributed by atoms with Crippen LogP contribution in [0, 0.1) is 0 Å². The molecular formula is C12H15ClN3S. The summed E-state index contributed by atoms with van der Waals surface area (Å²) in [6.07, 6.45) is 7.32. The highest BCUT2D eigenvalue weighted by Crippen LogP contribution is 2.37. The molecular weight excluding hydrogens is 254 g/mol. The number of halogens is 1. The fourth-order valence-electron chi connectivity index (χ4n) is 2.49. The number of hydrogen-bond acceptors (Lipinski definition) is 3. The zero-order valence-corrected chi connectivity index (χ0v) is 11.2. The van der Waals surface area contributed by atoms with E-state index in [0.717, 1.165) is 23.7 Å². The monoisotopic (exact) mass is 268 g/mol. The molecule has 1 aliphatic carbocycles. The SMILES string of the molecule is Clc1nc2c(c([N]C3CCCCC3)n1)SCC2. The van der Waals surface area contributed by atoms with Gasteiger partial charge in [-0.1, -0.05) is 19.3 Å². The molecule has 3 nitrogen and oxygen atoms in total. The van der Waals surface area contributed by atoms with Crippen LogP contribution in [-0.4, -0.2) is 21.8 Å². The Morgan fingerprint density at radius 3 is 2.82 bits per heavy atom. The number of rotatable bonds is 2. The van der Waals surface area contributed by atoms with Gasteiger partial charge in [-0.25, -0.2) is 4.98 Å². The van der Waals surface area contributed by atoms with Gasteiger partial charge < -0.3 is 0 Å². The second-order valence-corrected chi connectivity index (χ2v) is 6.05. The van der Waals surface area contributed by atoms with Crippen LogP contribution in [0.25, 0.3) is 0 Å². The van der Waals surface area contributed by atoms with E-state index in [1.54, 1.807) is 0 Å². The first-order valence-corrected chi connectivity index (χ1v) is 7.59. The largest absolute Gasteiger partial charge is 0.262 e. The molecule has 1 aliphatic heterocycles. The van der Waals surface area contributed by atoms with Crippen molar-refractivity contribution in [3.63, 3.8) is 0 Å². The molecule has 1 aromatic rings. The number of fused-ring (bicyclic) bond motifs is 1. The summed E-state index contributed by atoms with van der Waals surface area (Å²) in [6, 6.07) is 0.444. The highest BCUT2D eigenvalue weighted by atomic mass is 35.5. The molecule has 0 spiro atoms. The Labute approximate surface area is 111 Å². The first-order valence-electron chi connectivity index (χ1n) is 6.23. The Hall–Kier alpha value is -0.480. The zero-order valence-electron chi connectivity index (χ0n) is 9.65. The quantitative estimate of drug-likeness (QED) is 0.773. The third kappa shape index (κ3) is 2.52. The summed E-state index contributed by atoms with van der Waals surface area (Å²) >= 11 is 7.77. The van der Waals surface area contributed by atoms with Gasteiger partial charge in [-0.2, -0.15) is 4.98 Å². The molecule has 91 valence electrons. The third-order valence-corrected chi connectivity index (χ3v) is 4.64. The molecule has 2 aliphatic rings. The van der Waals surface area contributed by atoms with Crippen LogP contribution in [0.3, 0.4) is 0 Å². The number of aromatic nitrogens is 2. The number of hydrogen-bond donors (Lipinski definition) is 0. The van der Waals surface area contributed by atoms with Crippen LogP contribution in [0.4, 0.5) is 5.82 Å². The first-order chi connectivity index (χ1) is 8.33. The maximum absolute atomic E-state index is 5.95. The number of aryl methyl sites for hydroxylation is 1. The Balaban J connectivity index is 1.82. The van der Waals surface area contributed by atoms with Crippen molar-refractivity contribution in [1.82, 2.24) is 15.3 Å². The van der Waals surface area contributed by atoms with Crippen LogP contribution in [0.2, 0.25) is 5.28 Å². The van der Waals surface area contributed by atoms with E-state index in [0.29, 0.717) is 11.3 Å². The predicted molar refractivity (Wildman–Crippen MR) is 70.1 cm³/mol. The van der Waals surface area contributed by atoms with Crippen LogP contribution in [0.1, 0.15) is 37.8 Å². The van der Waals surface area contributed by atoms with Crippen molar-refractivity contribution in [3.8, 4) is 0 Å². The highest BCUT2D eigenvalue weighted by molar-refractivity contribution is 7.99. The van der Waals surface area contributed by atoms with E-state index in [9.17, 15) is 0 Å². The second-order valence-electron chi connectivity index (χ2n) is 4.61. The van der Waals surface area contributed by atoms with E-state index in [2.05, 4.69) is 9.97 Å². The van der Waals surface area contributed by atoms with Gasteiger partial charge in [0.05, 0.1) is 16.6 Å². The molecule has 1 fully saturated rings. The fourth-order valence-corrected chi connectivity index (χ4v) is 3.72. The standard InChI is InChI=1S/C12H15ClN3S/c13-12-15-9-6-7-17-10(9)11(16-12)14-8-4-2-1-3-5-8/h8H,1-7H2. The third-order valence-electron chi connectivity index (χ3n) is 3.36. The van der Waals surface area contributed by atoms with Crippen LogP contribution in [-0.2, 0) is 6.42 Å². The lowest BCUT2D eigenvalue weighted by Gasteiger charge is -2.21. The molecule has 1 aromatic heterocycles. The lowest BCUT2D eigenvalue weighted by atomic mass is 9.95. The summed E-state index contributed by atoms with van der Waals surface area (Å²) in [7, 11) is 0. The second kappa shape index (κ2) is 5.02. The summed E-state index contributed by atoms with van der Waals surface area (Å²) in [5, 5.41) is 5.14. The van der Waals surface area contributed by atoms with Gasteiger partial charge in [0, 0.05) is 12.2 Å². The van der Waals surface area contributed by atoms with Gasteiger partial charge in [0.1, 0.15) is 0 Å². The lowest BCUT2D eigenvalue weighted by molar-refractivity contribution is 0.399. The summed E-state index contributed by atoms with van der Waals surface area (Å²) in [4.78, 5) is 9.75. The Morgan fingerprint density at radius 1 is 1.18 bits per heavy atom. The fraction of sp³-hybridized carbons (Fsp3) is 0.667. The van der Waals surface area contributed by atoms with E-state index in [1.165, 1.54) is 37.0 Å². The molecule has 3 rings (SSSR count). The Bertz CT molecular complexity index is 418. The summed E-state index contributed by atoms with van der Waals surface area (Å²) in [5.41, 5.74) is 1.09. The maximum Gasteiger partial charge on any atom is 0.224 e. The van der Waals surface area contributed by atoms with Gasteiger partial charge in [-0.15, -0.1) is 11.8 Å². The molecule has 0 amide bonds. The molecule has 0 unspecified atom stereocenters. The molecule has 1 saturated carbocycles. The van der Waals surface area contributed by atoms with Gasteiger partial charge >= 0.3 is 0 Å².